The summed E-state index contributed by atoms with van der Waals surface area (Å²) in [4.78, 5) is 18.4. The van der Waals surface area contributed by atoms with Gasteiger partial charge in [0.2, 0.25) is 0 Å². The van der Waals surface area contributed by atoms with Crippen molar-refractivity contribution in [2.24, 2.45) is 5.73 Å². The summed E-state index contributed by atoms with van der Waals surface area (Å²) in [5.41, 5.74) is 7.13. The normalized spacial score (nSPS) is 10.2. The molecule has 0 aliphatic heterocycles. The molecule has 20 heavy (non-hydrogen) atoms. The molecule has 0 saturated heterocycles. The molecule has 4 heteroatoms. The highest BCUT2D eigenvalue weighted by Gasteiger charge is 2.16. The summed E-state index contributed by atoms with van der Waals surface area (Å²) in [6.45, 7) is 1.79. The molecule has 0 unspecified atom stereocenters. The fourth-order valence-corrected chi connectivity index (χ4v) is 1.99. The third-order valence-electron chi connectivity index (χ3n) is 3.02. The van der Waals surface area contributed by atoms with Crippen LogP contribution in [0.1, 0.15) is 22.5 Å². The highest BCUT2D eigenvalue weighted by atomic mass is 16.2. The second-order valence-corrected chi connectivity index (χ2v) is 4.57. The molecule has 0 aliphatic rings. The van der Waals surface area contributed by atoms with Crippen LogP contribution in [0.15, 0.2) is 54.7 Å². The quantitative estimate of drug-likeness (QED) is 0.873. The first-order chi connectivity index (χ1) is 9.81. The van der Waals surface area contributed by atoms with E-state index in [2.05, 4.69) is 4.98 Å². The summed E-state index contributed by atoms with van der Waals surface area (Å²) in [6.07, 6.45) is 2.42. The summed E-state index contributed by atoms with van der Waals surface area (Å²) >= 11 is 0. The van der Waals surface area contributed by atoms with E-state index in [-0.39, 0.29) is 5.91 Å². The van der Waals surface area contributed by atoms with Crippen molar-refractivity contribution in [1.29, 1.82) is 0 Å². The molecule has 2 N–H and O–H groups in total. The minimum Gasteiger partial charge on any atom is -0.333 e. The third-order valence-corrected chi connectivity index (χ3v) is 3.02. The van der Waals surface area contributed by atoms with E-state index < -0.39 is 0 Å². The van der Waals surface area contributed by atoms with Crippen molar-refractivity contribution in [2.45, 2.75) is 13.0 Å². The Morgan fingerprint density at radius 3 is 2.50 bits per heavy atom. The molecular formula is C16H19N3O. The number of carbonyl (C=O) groups is 1. The van der Waals surface area contributed by atoms with Crippen LogP contribution in [0.5, 0.6) is 0 Å². The lowest BCUT2D eigenvalue weighted by Crippen LogP contribution is -2.33. The number of nitrogens with two attached hydrogens (primary N) is 1. The standard InChI is InChI=1S/C16H19N3O/c17-10-6-12-19(13-14-7-2-1-3-8-14)16(20)15-9-4-5-11-18-15/h1-5,7-9,11H,6,10,12-13,17H2. The van der Waals surface area contributed by atoms with Crippen LogP contribution in [0.3, 0.4) is 0 Å². The maximum atomic E-state index is 12.5. The van der Waals surface area contributed by atoms with E-state index >= 15 is 0 Å². The summed E-state index contributed by atoms with van der Waals surface area (Å²) < 4.78 is 0. The zero-order valence-electron chi connectivity index (χ0n) is 11.4. The second-order valence-electron chi connectivity index (χ2n) is 4.57. The topological polar surface area (TPSA) is 59.2 Å². The number of pyridine rings is 1. The van der Waals surface area contributed by atoms with Gasteiger partial charge in [0.05, 0.1) is 0 Å². The zero-order chi connectivity index (χ0) is 14.2. The molecule has 0 spiro atoms. The van der Waals surface area contributed by atoms with Gasteiger partial charge in [0, 0.05) is 19.3 Å². The first-order valence-electron chi connectivity index (χ1n) is 6.75. The molecule has 4 nitrogen and oxygen atoms in total. The van der Waals surface area contributed by atoms with E-state index in [1.165, 1.54) is 0 Å². The number of amides is 1. The molecule has 0 bridgehead atoms. The van der Waals surface area contributed by atoms with Gasteiger partial charge in [-0.3, -0.25) is 9.78 Å². The third kappa shape index (κ3) is 3.90. The maximum absolute atomic E-state index is 12.5. The highest BCUT2D eigenvalue weighted by Crippen LogP contribution is 2.09. The lowest BCUT2D eigenvalue weighted by atomic mass is 10.2. The fourth-order valence-electron chi connectivity index (χ4n) is 1.99. The monoisotopic (exact) mass is 269 g/mol. The van der Waals surface area contributed by atoms with Crippen LogP contribution in [0.2, 0.25) is 0 Å². The van der Waals surface area contributed by atoms with E-state index in [1.54, 1.807) is 23.2 Å². The molecule has 0 radical (unpaired) electrons. The number of hydrogen-bond donors (Lipinski definition) is 1. The Hall–Kier alpha value is -2.20. The minimum atomic E-state index is -0.0529. The Bertz CT molecular complexity index is 528. The first kappa shape index (κ1) is 14.2. The molecule has 1 aromatic carbocycles. The van der Waals surface area contributed by atoms with Crippen LogP contribution in [0.25, 0.3) is 0 Å². The van der Waals surface area contributed by atoms with Crippen LogP contribution in [0.4, 0.5) is 0 Å². The summed E-state index contributed by atoms with van der Waals surface area (Å²) in [7, 11) is 0. The average molecular weight is 269 g/mol. The van der Waals surface area contributed by atoms with Crippen LogP contribution in [-0.2, 0) is 6.54 Å². The molecule has 0 atom stereocenters. The van der Waals surface area contributed by atoms with Gasteiger partial charge in [-0.25, -0.2) is 0 Å². The zero-order valence-corrected chi connectivity index (χ0v) is 11.4. The van der Waals surface area contributed by atoms with E-state index in [9.17, 15) is 4.79 Å². The molecule has 2 aromatic rings. The van der Waals surface area contributed by atoms with Crippen molar-refractivity contribution in [3.05, 3.63) is 66.0 Å². The molecule has 1 aromatic heterocycles. The van der Waals surface area contributed by atoms with E-state index in [4.69, 9.17) is 5.73 Å². The maximum Gasteiger partial charge on any atom is 0.272 e. The minimum absolute atomic E-state index is 0.0529. The lowest BCUT2D eigenvalue weighted by molar-refractivity contribution is 0.0736. The van der Waals surface area contributed by atoms with Crippen molar-refractivity contribution in [3.63, 3.8) is 0 Å². The van der Waals surface area contributed by atoms with Crippen LogP contribution in [-0.4, -0.2) is 28.9 Å². The molecule has 1 heterocycles. The van der Waals surface area contributed by atoms with Crippen LogP contribution >= 0.6 is 0 Å². The Balaban J connectivity index is 2.13. The van der Waals surface area contributed by atoms with E-state index in [0.717, 1.165) is 12.0 Å². The molecule has 104 valence electrons. The predicted molar refractivity (Wildman–Crippen MR) is 79.1 cm³/mol. The largest absolute Gasteiger partial charge is 0.333 e. The van der Waals surface area contributed by atoms with E-state index in [0.29, 0.717) is 25.3 Å². The number of aromatic nitrogens is 1. The Labute approximate surface area is 119 Å². The molecule has 0 fully saturated rings. The van der Waals surface area contributed by atoms with Crippen molar-refractivity contribution >= 4 is 5.91 Å². The number of rotatable bonds is 6. The summed E-state index contributed by atoms with van der Waals surface area (Å²) in [6, 6.07) is 15.3. The van der Waals surface area contributed by atoms with Crippen LogP contribution in [0, 0.1) is 0 Å². The van der Waals surface area contributed by atoms with Gasteiger partial charge in [-0.2, -0.15) is 0 Å². The Morgan fingerprint density at radius 2 is 1.85 bits per heavy atom. The van der Waals surface area contributed by atoms with Crippen LogP contribution < -0.4 is 5.73 Å². The van der Waals surface area contributed by atoms with Gasteiger partial charge in [0.25, 0.3) is 5.91 Å². The number of benzene rings is 1. The Kier molecular flexibility index (Phi) is 5.26. The fraction of sp³-hybridized carbons (Fsp3) is 0.250. The molecule has 0 aliphatic carbocycles. The molecule has 1 amide bonds. The van der Waals surface area contributed by atoms with Crippen molar-refractivity contribution in [1.82, 2.24) is 9.88 Å². The molecule has 2 rings (SSSR count). The van der Waals surface area contributed by atoms with Gasteiger partial charge >= 0.3 is 0 Å². The van der Waals surface area contributed by atoms with Gasteiger partial charge in [0.15, 0.2) is 0 Å². The summed E-state index contributed by atoms with van der Waals surface area (Å²) in [5, 5.41) is 0. The first-order valence-corrected chi connectivity index (χ1v) is 6.75. The lowest BCUT2D eigenvalue weighted by Gasteiger charge is -2.22. The van der Waals surface area contributed by atoms with Gasteiger partial charge in [-0.15, -0.1) is 0 Å². The summed E-state index contributed by atoms with van der Waals surface area (Å²) in [5.74, 6) is -0.0529. The smallest absolute Gasteiger partial charge is 0.272 e. The Morgan fingerprint density at radius 1 is 1.10 bits per heavy atom. The van der Waals surface area contributed by atoms with Gasteiger partial charge in [-0.05, 0) is 30.7 Å². The van der Waals surface area contributed by atoms with Gasteiger partial charge in [-0.1, -0.05) is 36.4 Å². The van der Waals surface area contributed by atoms with Gasteiger partial charge in [0.1, 0.15) is 5.69 Å². The van der Waals surface area contributed by atoms with Crippen molar-refractivity contribution in [2.75, 3.05) is 13.1 Å². The highest BCUT2D eigenvalue weighted by molar-refractivity contribution is 5.92. The van der Waals surface area contributed by atoms with Crippen molar-refractivity contribution in [3.8, 4) is 0 Å². The molecule has 0 saturated carbocycles. The van der Waals surface area contributed by atoms with Gasteiger partial charge < -0.3 is 10.6 Å². The van der Waals surface area contributed by atoms with E-state index in [1.807, 2.05) is 36.4 Å². The second kappa shape index (κ2) is 7.40. The average Bonchev–Trinajstić information content (AvgIpc) is 2.52. The number of hydrogen-bond acceptors (Lipinski definition) is 3. The molecular weight excluding hydrogens is 250 g/mol. The number of nitrogens with zero attached hydrogens (tertiary/aromatic N) is 2. The van der Waals surface area contributed by atoms with Crippen molar-refractivity contribution < 1.29 is 4.79 Å². The predicted octanol–water partition coefficient (Wildman–Crippen LogP) is 2.07. The SMILES string of the molecule is NCCCN(Cc1ccccc1)C(=O)c1ccccn1. The number of carbonyl (C=O) groups excluding carboxylic acids is 1.